The minimum absolute atomic E-state index is 0.115. The molecule has 2 rings (SSSR count). The van der Waals surface area contributed by atoms with Crippen LogP contribution in [0.1, 0.15) is 32.6 Å². The zero-order chi connectivity index (χ0) is 10.8. The fourth-order valence-electron chi connectivity index (χ4n) is 2.21. The van der Waals surface area contributed by atoms with E-state index in [4.69, 9.17) is 10.5 Å². The van der Waals surface area contributed by atoms with E-state index in [1.165, 1.54) is 0 Å². The molecule has 1 heterocycles. The molecule has 0 spiro atoms. The lowest BCUT2D eigenvalue weighted by Gasteiger charge is -2.35. The molecule has 15 heavy (non-hydrogen) atoms. The molecule has 2 aliphatic rings. The lowest BCUT2D eigenvalue weighted by molar-refractivity contribution is -0.137. The van der Waals surface area contributed by atoms with Gasteiger partial charge in [0.1, 0.15) is 0 Å². The number of hydrogen-bond acceptors (Lipinski definition) is 3. The van der Waals surface area contributed by atoms with E-state index in [0.29, 0.717) is 12.1 Å². The Balaban J connectivity index is 2.01. The Morgan fingerprint density at radius 3 is 2.27 bits per heavy atom. The number of amides is 1. The van der Waals surface area contributed by atoms with Crippen LogP contribution in [0.5, 0.6) is 0 Å². The average molecular weight is 212 g/mol. The number of carbonyl (C=O) groups excluding carboxylic acids is 1. The van der Waals surface area contributed by atoms with Crippen molar-refractivity contribution in [3.63, 3.8) is 0 Å². The Morgan fingerprint density at radius 1 is 1.27 bits per heavy atom. The van der Waals surface area contributed by atoms with E-state index in [0.717, 1.165) is 38.9 Å². The van der Waals surface area contributed by atoms with E-state index in [9.17, 15) is 4.79 Å². The van der Waals surface area contributed by atoms with E-state index in [2.05, 4.69) is 0 Å². The molecule has 1 unspecified atom stereocenters. The average Bonchev–Trinajstić information content (AvgIpc) is 3.04. The van der Waals surface area contributed by atoms with Gasteiger partial charge in [-0.15, -0.1) is 0 Å². The van der Waals surface area contributed by atoms with Gasteiger partial charge < -0.3 is 15.4 Å². The first-order valence-electron chi connectivity index (χ1n) is 5.85. The summed E-state index contributed by atoms with van der Waals surface area (Å²) in [6.45, 7) is 3.33. The largest absolute Gasteiger partial charge is 0.381 e. The summed E-state index contributed by atoms with van der Waals surface area (Å²) < 4.78 is 5.32. The van der Waals surface area contributed by atoms with Gasteiger partial charge in [0.2, 0.25) is 5.91 Å². The first-order valence-corrected chi connectivity index (χ1v) is 5.85. The summed E-state index contributed by atoms with van der Waals surface area (Å²) in [6, 6.07) is 0.463. The highest BCUT2D eigenvalue weighted by Gasteiger charge is 2.38. The molecule has 86 valence electrons. The number of nitrogens with zero attached hydrogens (tertiary/aromatic N) is 1. The maximum atomic E-state index is 12.0. The summed E-state index contributed by atoms with van der Waals surface area (Å²) in [5.41, 5.74) is 5.69. The first-order chi connectivity index (χ1) is 7.20. The molecule has 4 heteroatoms. The van der Waals surface area contributed by atoms with Gasteiger partial charge in [0, 0.05) is 25.3 Å². The molecule has 0 bridgehead atoms. The number of rotatable bonds is 3. The predicted molar refractivity (Wildman–Crippen MR) is 57.4 cm³/mol. The normalized spacial score (nSPS) is 24.9. The quantitative estimate of drug-likeness (QED) is 0.741. The highest BCUT2D eigenvalue weighted by molar-refractivity contribution is 5.82. The van der Waals surface area contributed by atoms with E-state index >= 15 is 0 Å². The predicted octanol–water partition coefficient (Wildman–Crippen LogP) is 0.504. The summed E-state index contributed by atoms with van der Waals surface area (Å²) in [7, 11) is 0. The van der Waals surface area contributed by atoms with Gasteiger partial charge in [-0.1, -0.05) is 0 Å². The zero-order valence-corrected chi connectivity index (χ0v) is 9.32. The third kappa shape index (κ3) is 2.49. The molecule has 1 amide bonds. The summed E-state index contributed by atoms with van der Waals surface area (Å²) in [5, 5.41) is 0. The number of ether oxygens (including phenoxy) is 1. The van der Waals surface area contributed by atoms with Crippen LogP contribution in [-0.2, 0) is 9.53 Å². The van der Waals surface area contributed by atoms with E-state index in [1.54, 1.807) is 6.92 Å². The summed E-state index contributed by atoms with van der Waals surface area (Å²) in [4.78, 5) is 14.0. The molecule has 0 radical (unpaired) electrons. The monoisotopic (exact) mass is 212 g/mol. The second-order valence-electron chi connectivity index (χ2n) is 4.61. The molecule has 1 saturated heterocycles. The molecular formula is C11H20N2O2. The maximum Gasteiger partial charge on any atom is 0.239 e. The van der Waals surface area contributed by atoms with Crippen LogP contribution in [0.15, 0.2) is 0 Å². The van der Waals surface area contributed by atoms with Crippen LogP contribution in [0.3, 0.4) is 0 Å². The van der Waals surface area contributed by atoms with Crippen LogP contribution < -0.4 is 5.73 Å². The molecule has 4 nitrogen and oxygen atoms in total. The van der Waals surface area contributed by atoms with Crippen molar-refractivity contribution >= 4 is 5.91 Å². The molecule has 1 aliphatic heterocycles. The minimum atomic E-state index is -0.367. The van der Waals surface area contributed by atoms with Crippen LogP contribution >= 0.6 is 0 Å². The van der Waals surface area contributed by atoms with Gasteiger partial charge >= 0.3 is 0 Å². The van der Waals surface area contributed by atoms with Gasteiger partial charge in [-0.05, 0) is 32.6 Å². The third-order valence-electron chi connectivity index (χ3n) is 3.17. The molecule has 0 aromatic heterocycles. The minimum Gasteiger partial charge on any atom is -0.381 e. The van der Waals surface area contributed by atoms with Crippen molar-refractivity contribution in [3.05, 3.63) is 0 Å². The van der Waals surface area contributed by atoms with Crippen LogP contribution in [-0.4, -0.2) is 42.1 Å². The van der Waals surface area contributed by atoms with Crippen molar-refractivity contribution in [1.82, 2.24) is 4.90 Å². The SMILES string of the molecule is CC(N)C(=O)N(C1CCOCC1)C1CC1. The Bertz CT molecular complexity index is 233. The lowest BCUT2D eigenvalue weighted by atomic mass is 10.1. The highest BCUT2D eigenvalue weighted by atomic mass is 16.5. The van der Waals surface area contributed by atoms with Gasteiger partial charge in [-0.2, -0.15) is 0 Å². The Hall–Kier alpha value is -0.610. The number of nitrogens with two attached hydrogens (primary N) is 1. The molecule has 1 aliphatic carbocycles. The van der Waals surface area contributed by atoms with Crippen molar-refractivity contribution in [2.75, 3.05) is 13.2 Å². The van der Waals surface area contributed by atoms with E-state index < -0.39 is 0 Å². The Kier molecular flexibility index (Phi) is 3.26. The van der Waals surface area contributed by atoms with Crippen LogP contribution in [0.25, 0.3) is 0 Å². The van der Waals surface area contributed by atoms with Crippen molar-refractivity contribution in [2.24, 2.45) is 5.73 Å². The molecule has 2 fully saturated rings. The van der Waals surface area contributed by atoms with Crippen molar-refractivity contribution in [1.29, 1.82) is 0 Å². The van der Waals surface area contributed by atoms with E-state index in [-0.39, 0.29) is 11.9 Å². The van der Waals surface area contributed by atoms with Gasteiger partial charge in [0.05, 0.1) is 6.04 Å². The number of hydrogen-bond donors (Lipinski definition) is 1. The van der Waals surface area contributed by atoms with Crippen molar-refractivity contribution < 1.29 is 9.53 Å². The molecular weight excluding hydrogens is 192 g/mol. The fourth-order valence-corrected chi connectivity index (χ4v) is 2.21. The summed E-state index contributed by atoms with van der Waals surface area (Å²) >= 11 is 0. The summed E-state index contributed by atoms with van der Waals surface area (Å²) in [5.74, 6) is 0.115. The third-order valence-corrected chi connectivity index (χ3v) is 3.17. The van der Waals surface area contributed by atoms with Crippen LogP contribution in [0.4, 0.5) is 0 Å². The van der Waals surface area contributed by atoms with Crippen LogP contribution in [0.2, 0.25) is 0 Å². The van der Waals surface area contributed by atoms with Crippen LogP contribution in [0, 0.1) is 0 Å². The zero-order valence-electron chi connectivity index (χ0n) is 9.32. The molecule has 2 N–H and O–H groups in total. The maximum absolute atomic E-state index is 12.0. The van der Waals surface area contributed by atoms with Crippen molar-refractivity contribution in [2.45, 2.75) is 50.7 Å². The highest BCUT2D eigenvalue weighted by Crippen LogP contribution is 2.31. The smallest absolute Gasteiger partial charge is 0.239 e. The Labute approximate surface area is 90.8 Å². The van der Waals surface area contributed by atoms with Gasteiger partial charge in [-0.3, -0.25) is 4.79 Å². The van der Waals surface area contributed by atoms with E-state index in [1.807, 2.05) is 4.90 Å². The molecule has 0 aromatic carbocycles. The van der Waals surface area contributed by atoms with Crippen molar-refractivity contribution in [3.8, 4) is 0 Å². The molecule has 1 saturated carbocycles. The second kappa shape index (κ2) is 4.49. The fraction of sp³-hybridized carbons (Fsp3) is 0.909. The van der Waals surface area contributed by atoms with Gasteiger partial charge in [0.15, 0.2) is 0 Å². The number of carbonyl (C=O) groups is 1. The topological polar surface area (TPSA) is 55.6 Å². The van der Waals surface area contributed by atoms with Gasteiger partial charge in [0.25, 0.3) is 0 Å². The standard InChI is InChI=1S/C11H20N2O2/c1-8(12)11(14)13(9-2-3-9)10-4-6-15-7-5-10/h8-10H,2-7,12H2,1H3. The second-order valence-corrected chi connectivity index (χ2v) is 4.61. The molecule has 1 atom stereocenters. The van der Waals surface area contributed by atoms with Gasteiger partial charge in [-0.25, -0.2) is 0 Å². The summed E-state index contributed by atoms with van der Waals surface area (Å²) in [6.07, 6.45) is 4.23. The first kappa shape index (κ1) is 10.9. The molecule has 0 aromatic rings. The Morgan fingerprint density at radius 2 is 1.80 bits per heavy atom. The lowest BCUT2D eigenvalue weighted by Crippen LogP contribution is -2.50.